The lowest BCUT2D eigenvalue weighted by Gasteiger charge is -2.29. The molecule has 0 aromatic heterocycles. The van der Waals surface area contributed by atoms with Gasteiger partial charge in [-0.3, -0.25) is 9.59 Å². The molecule has 0 spiro atoms. The van der Waals surface area contributed by atoms with Gasteiger partial charge in [0.15, 0.2) is 6.61 Å². The molecule has 2 aromatic carbocycles. The standard InChI is InChI=1S/C19H17BrN2O3/c1-12(2)10-22-16-8-7-15(9-17(16)25-11-18(22)23)21-19(24)13-3-5-14(20)6-4-13/h3-9H,1,10-11H2,2H3,(H,21,24). The number of carbonyl (C=O) groups is 2. The first-order valence-corrected chi connectivity index (χ1v) is 8.52. The Morgan fingerprint density at radius 2 is 2.00 bits per heavy atom. The topological polar surface area (TPSA) is 58.6 Å². The molecular formula is C19H17BrN2O3. The number of carbonyl (C=O) groups excluding carboxylic acids is 2. The number of nitrogens with zero attached hydrogens (tertiary/aromatic N) is 1. The number of ether oxygens (including phenoxy) is 1. The Balaban J connectivity index is 1.81. The maximum atomic E-state index is 12.3. The van der Waals surface area contributed by atoms with E-state index in [-0.39, 0.29) is 18.4 Å². The number of nitrogens with one attached hydrogen (secondary N) is 1. The van der Waals surface area contributed by atoms with E-state index < -0.39 is 0 Å². The Labute approximate surface area is 154 Å². The number of halogens is 1. The summed E-state index contributed by atoms with van der Waals surface area (Å²) in [7, 11) is 0. The van der Waals surface area contributed by atoms with Crippen molar-refractivity contribution in [1.82, 2.24) is 0 Å². The molecule has 2 amide bonds. The zero-order chi connectivity index (χ0) is 18.0. The van der Waals surface area contributed by atoms with E-state index in [1.54, 1.807) is 35.2 Å². The number of anilines is 2. The quantitative estimate of drug-likeness (QED) is 0.788. The molecule has 6 heteroatoms. The van der Waals surface area contributed by atoms with E-state index in [0.717, 1.165) is 10.0 Å². The number of fused-ring (bicyclic) bond motifs is 1. The van der Waals surface area contributed by atoms with Gasteiger partial charge in [-0.15, -0.1) is 0 Å². The molecule has 5 nitrogen and oxygen atoms in total. The van der Waals surface area contributed by atoms with Crippen LogP contribution in [-0.2, 0) is 4.79 Å². The van der Waals surface area contributed by atoms with Crippen LogP contribution >= 0.6 is 15.9 Å². The smallest absolute Gasteiger partial charge is 0.265 e. The van der Waals surface area contributed by atoms with Crippen LogP contribution in [0.15, 0.2) is 59.1 Å². The second-order valence-electron chi connectivity index (χ2n) is 5.87. The van der Waals surface area contributed by atoms with Crippen LogP contribution in [0.25, 0.3) is 0 Å². The summed E-state index contributed by atoms with van der Waals surface area (Å²) in [5, 5.41) is 2.84. The molecule has 1 aliphatic rings. The van der Waals surface area contributed by atoms with Crippen molar-refractivity contribution in [2.24, 2.45) is 0 Å². The summed E-state index contributed by atoms with van der Waals surface area (Å²) >= 11 is 3.34. The first-order chi connectivity index (χ1) is 11.9. The van der Waals surface area contributed by atoms with Crippen LogP contribution in [0.1, 0.15) is 17.3 Å². The number of rotatable bonds is 4. The molecule has 0 aliphatic carbocycles. The first kappa shape index (κ1) is 17.2. The molecule has 1 heterocycles. The zero-order valence-electron chi connectivity index (χ0n) is 13.7. The van der Waals surface area contributed by atoms with Gasteiger partial charge in [0.25, 0.3) is 11.8 Å². The van der Waals surface area contributed by atoms with Crippen LogP contribution in [-0.4, -0.2) is 25.0 Å². The van der Waals surface area contributed by atoms with Crippen molar-refractivity contribution < 1.29 is 14.3 Å². The molecule has 0 radical (unpaired) electrons. The Morgan fingerprint density at radius 1 is 1.28 bits per heavy atom. The Hall–Kier alpha value is -2.60. The van der Waals surface area contributed by atoms with Crippen LogP contribution < -0.4 is 15.0 Å². The minimum absolute atomic E-state index is 0.0234. The van der Waals surface area contributed by atoms with Crippen molar-refractivity contribution in [2.75, 3.05) is 23.4 Å². The lowest BCUT2D eigenvalue weighted by atomic mass is 10.1. The molecular weight excluding hydrogens is 384 g/mol. The molecule has 25 heavy (non-hydrogen) atoms. The van der Waals surface area contributed by atoms with E-state index >= 15 is 0 Å². The minimum Gasteiger partial charge on any atom is -0.481 e. The molecule has 0 saturated heterocycles. The van der Waals surface area contributed by atoms with Crippen molar-refractivity contribution >= 4 is 39.1 Å². The predicted molar refractivity (Wildman–Crippen MR) is 101 cm³/mol. The molecule has 0 unspecified atom stereocenters. The fourth-order valence-electron chi connectivity index (χ4n) is 2.53. The Bertz CT molecular complexity index is 846. The second-order valence-corrected chi connectivity index (χ2v) is 6.78. The number of benzene rings is 2. The molecule has 0 atom stereocenters. The summed E-state index contributed by atoms with van der Waals surface area (Å²) in [5.41, 5.74) is 2.73. The van der Waals surface area contributed by atoms with Gasteiger partial charge >= 0.3 is 0 Å². The SMILES string of the molecule is C=C(C)CN1C(=O)COc2cc(NC(=O)c3ccc(Br)cc3)ccc21. The summed E-state index contributed by atoms with van der Waals surface area (Å²) in [6.07, 6.45) is 0. The third kappa shape index (κ3) is 3.91. The molecule has 0 saturated carbocycles. The second kappa shape index (κ2) is 7.11. The molecule has 1 aliphatic heterocycles. The fraction of sp³-hybridized carbons (Fsp3) is 0.158. The third-order valence-corrected chi connectivity index (χ3v) is 4.22. The normalized spacial score (nSPS) is 13.0. The van der Waals surface area contributed by atoms with Gasteiger partial charge in [-0.1, -0.05) is 28.1 Å². The maximum absolute atomic E-state index is 12.3. The number of amides is 2. The van der Waals surface area contributed by atoms with Gasteiger partial charge in [-0.2, -0.15) is 0 Å². The molecule has 1 N–H and O–H groups in total. The molecule has 2 aromatic rings. The molecule has 0 bridgehead atoms. The van der Waals surface area contributed by atoms with E-state index in [1.165, 1.54) is 0 Å². The highest BCUT2D eigenvalue weighted by molar-refractivity contribution is 9.10. The van der Waals surface area contributed by atoms with Crippen molar-refractivity contribution in [3.05, 3.63) is 64.7 Å². The highest BCUT2D eigenvalue weighted by Crippen LogP contribution is 2.35. The fourth-order valence-corrected chi connectivity index (χ4v) is 2.79. The van der Waals surface area contributed by atoms with E-state index in [1.807, 2.05) is 19.1 Å². The van der Waals surface area contributed by atoms with E-state index in [2.05, 4.69) is 27.8 Å². The first-order valence-electron chi connectivity index (χ1n) is 7.72. The van der Waals surface area contributed by atoms with E-state index in [9.17, 15) is 9.59 Å². The highest BCUT2D eigenvalue weighted by atomic mass is 79.9. The van der Waals surface area contributed by atoms with Gasteiger partial charge in [-0.25, -0.2) is 0 Å². The summed E-state index contributed by atoms with van der Waals surface area (Å²) < 4.78 is 6.42. The van der Waals surface area contributed by atoms with Gasteiger partial charge in [0.1, 0.15) is 5.75 Å². The zero-order valence-corrected chi connectivity index (χ0v) is 15.3. The molecule has 0 fully saturated rings. The number of hydrogen-bond donors (Lipinski definition) is 1. The number of hydrogen-bond acceptors (Lipinski definition) is 3. The lowest BCUT2D eigenvalue weighted by Crippen LogP contribution is -2.39. The van der Waals surface area contributed by atoms with Crippen LogP contribution in [0.5, 0.6) is 5.75 Å². The van der Waals surface area contributed by atoms with E-state index in [4.69, 9.17) is 4.74 Å². The van der Waals surface area contributed by atoms with Crippen molar-refractivity contribution in [1.29, 1.82) is 0 Å². The van der Waals surface area contributed by atoms with Crippen molar-refractivity contribution in [3.63, 3.8) is 0 Å². The Kier molecular flexibility index (Phi) is 4.90. The van der Waals surface area contributed by atoms with Crippen LogP contribution in [0.3, 0.4) is 0 Å². The average molecular weight is 401 g/mol. The van der Waals surface area contributed by atoms with Crippen LogP contribution in [0.4, 0.5) is 11.4 Å². The average Bonchev–Trinajstić information content (AvgIpc) is 2.57. The molecule has 3 rings (SSSR count). The summed E-state index contributed by atoms with van der Waals surface area (Å²) in [5.74, 6) is 0.245. The van der Waals surface area contributed by atoms with Crippen LogP contribution in [0.2, 0.25) is 0 Å². The monoisotopic (exact) mass is 400 g/mol. The minimum atomic E-state index is -0.210. The lowest BCUT2D eigenvalue weighted by molar-refractivity contribution is -0.121. The van der Waals surface area contributed by atoms with Gasteiger partial charge in [0, 0.05) is 28.3 Å². The van der Waals surface area contributed by atoms with Gasteiger partial charge < -0.3 is 15.0 Å². The summed E-state index contributed by atoms with van der Waals surface area (Å²) in [6.45, 7) is 6.15. The highest BCUT2D eigenvalue weighted by Gasteiger charge is 2.25. The third-order valence-electron chi connectivity index (χ3n) is 3.70. The largest absolute Gasteiger partial charge is 0.481 e. The van der Waals surface area contributed by atoms with Crippen molar-refractivity contribution in [3.8, 4) is 5.75 Å². The van der Waals surface area contributed by atoms with Crippen molar-refractivity contribution in [2.45, 2.75) is 6.92 Å². The predicted octanol–water partition coefficient (Wildman–Crippen LogP) is 4.00. The van der Waals surface area contributed by atoms with Gasteiger partial charge in [0.2, 0.25) is 0 Å². The van der Waals surface area contributed by atoms with Crippen LogP contribution in [0, 0.1) is 0 Å². The maximum Gasteiger partial charge on any atom is 0.265 e. The summed E-state index contributed by atoms with van der Waals surface area (Å²) in [4.78, 5) is 26.0. The van der Waals surface area contributed by atoms with Gasteiger partial charge in [0.05, 0.1) is 5.69 Å². The molecule has 128 valence electrons. The Morgan fingerprint density at radius 3 is 2.68 bits per heavy atom. The summed E-state index contributed by atoms with van der Waals surface area (Å²) in [6, 6.07) is 12.3. The van der Waals surface area contributed by atoms with E-state index in [0.29, 0.717) is 29.2 Å². The van der Waals surface area contributed by atoms with Gasteiger partial charge in [-0.05, 0) is 43.3 Å².